The maximum atomic E-state index is 10.2. The highest BCUT2D eigenvalue weighted by molar-refractivity contribution is 7.80. The Labute approximate surface area is 116 Å². The molecule has 0 amide bonds. The predicted octanol–water partition coefficient (Wildman–Crippen LogP) is 2.20. The lowest BCUT2D eigenvalue weighted by Crippen LogP contribution is -2.12. The smallest absolute Gasteiger partial charge is 0.379 e. The Morgan fingerprint density at radius 3 is 1.95 bits per heavy atom. The van der Waals surface area contributed by atoms with E-state index >= 15 is 0 Å². The van der Waals surface area contributed by atoms with Gasteiger partial charge in [-0.1, -0.05) is 39.0 Å². The molecule has 0 saturated carbocycles. The molecule has 19 heavy (non-hydrogen) atoms. The van der Waals surface area contributed by atoms with Crippen LogP contribution in [0.2, 0.25) is 0 Å². The van der Waals surface area contributed by atoms with Crippen molar-refractivity contribution in [2.45, 2.75) is 45.4 Å². The van der Waals surface area contributed by atoms with Crippen LogP contribution >= 0.6 is 0 Å². The molecule has 0 aliphatic rings. The summed E-state index contributed by atoms with van der Waals surface area (Å²) in [6.45, 7) is 3.74. The third kappa shape index (κ3) is 17.8. The lowest BCUT2D eigenvalue weighted by Gasteiger charge is -2.05. The van der Waals surface area contributed by atoms with Crippen molar-refractivity contribution < 1.29 is 26.6 Å². The predicted molar refractivity (Wildman–Crippen MR) is 72.5 cm³/mol. The van der Waals surface area contributed by atoms with Gasteiger partial charge in [0.1, 0.15) is 0 Å². The molecule has 0 aromatic rings. The summed E-state index contributed by atoms with van der Waals surface area (Å²) in [7, 11) is -4.35. The lowest BCUT2D eigenvalue weighted by molar-refractivity contribution is 0.0346. The van der Waals surface area contributed by atoms with Gasteiger partial charge in [-0.3, -0.25) is 4.55 Å². The molecule has 7 heteroatoms. The van der Waals surface area contributed by atoms with E-state index in [1.54, 1.807) is 0 Å². The summed E-state index contributed by atoms with van der Waals surface area (Å²) in [6, 6.07) is 0. The molecule has 0 fully saturated rings. The molecule has 0 atom stereocenters. The monoisotopic (exact) mass is 298 g/mol. The molecule has 0 radical (unpaired) electrons. The minimum atomic E-state index is -4.35. The summed E-state index contributed by atoms with van der Waals surface area (Å²) in [5.41, 5.74) is 0. The molecule has 0 unspecified atom stereocenters. The minimum absolute atomic E-state index is 0.111. The summed E-state index contributed by atoms with van der Waals surface area (Å²) in [6.07, 6.45) is 7.39. The van der Waals surface area contributed by atoms with E-state index in [9.17, 15) is 8.42 Å². The first kappa shape index (κ1) is 18.8. The Bertz CT molecular complexity index is 278. The number of ether oxygens (including phenoxy) is 2. The second-order valence-electron chi connectivity index (χ2n) is 4.24. The van der Waals surface area contributed by atoms with Gasteiger partial charge in [0.05, 0.1) is 26.4 Å². The van der Waals surface area contributed by atoms with Crippen molar-refractivity contribution in [1.82, 2.24) is 0 Å². The van der Waals surface area contributed by atoms with E-state index in [2.05, 4.69) is 11.1 Å². The first-order valence-corrected chi connectivity index (χ1v) is 8.20. The highest BCUT2D eigenvalue weighted by Crippen LogP contribution is 2.04. The second kappa shape index (κ2) is 12.8. The fourth-order valence-corrected chi connectivity index (χ4v) is 1.78. The molecule has 0 aromatic heterocycles. The zero-order valence-corrected chi connectivity index (χ0v) is 12.5. The van der Waals surface area contributed by atoms with Crippen LogP contribution in [0.4, 0.5) is 0 Å². The maximum absolute atomic E-state index is 10.2. The van der Waals surface area contributed by atoms with Crippen LogP contribution in [0.1, 0.15) is 45.4 Å². The van der Waals surface area contributed by atoms with Gasteiger partial charge in [0.2, 0.25) is 0 Å². The van der Waals surface area contributed by atoms with Crippen LogP contribution in [0, 0.1) is 0 Å². The fraction of sp³-hybridized carbons (Fsp3) is 1.00. The number of rotatable bonds is 14. The summed E-state index contributed by atoms with van der Waals surface area (Å²) >= 11 is 0. The molecule has 0 aromatic carbocycles. The first-order valence-electron chi connectivity index (χ1n) is 6.83. The number of unbranched alkanes of at least 4 members (excludes halogenated alkanes) is 5. The molecule has 1 N–H and O–H groups in total. The van der Waals surface area contributed by atoms with Crippen molar-refractivity contribution in [3.8, 4) is 0 Å². The summed E-state index contributed by atoms with van der Waals surface area (Å²) < 4.78 is 43.1. The molecule has 0 aliphatic heterocycles. The standard InChI is InChI=1S/C12H26O6S/c1-2-3-4-5-6-7-8-16-9-10-17-11-12-18-19(13,14)15/h2-12H2,1H3,(H,13,14,15). The Morgan fingerprint density at radius 2 is 1.32 bits per heavy atom. The summed E-state index contributed by atoms with van der Waals surface area (Å²) in [5.74, 6) is 0. The van der Waals surface area contributed by atoms with Gasteiger partial charge in [0.15, 0.2) is 0 Å². The average molecular weight is 298 g/mol. The van der Waals surface area contributed by atoms with Gasteiger partial charge in [-0.2, -0.15) is 8.42 Å². The SMILES string of the molecule is CCCCCCCCOCCOCCOS(=O)(=O)O. The van der Waals surface area contributed by atoms with Crippen molar-refractivity contribution in [2.24, 2.45) is 0 Å². The van der Waals surface area contributed by atoms with Gasteiger partial charge in [0, 0.05) is 6.61 Å². The van der Waals surface area contributed by atoms with Crippen molar-refractivity contribution in [1.29, 1.82) is 0 Å². The van der Waals surface area contributed by atoms with Crippen LogP contribution in [0.5, 0.6) is 0 Å². The highest BCUT2D eigenvalue weighted by Gasteiger charge is 2.02. The van der Waals surface area contributed by atoms with Crippen LogP contribution in [0.25, 0.3) is 0 Å². The van der Waals surface area contributed by atoms with Crippen LogP contribution < -0.4 is 0 Å². The molecule has 0 rings (SSSR count). The Hall–Kier alpha value is -0.210. The average Bonchev–Trinajstić information content (AvgIpc) is 2.34. The third-order valence-corrected chi connectivity index (χ3v) is 2.94. The normalized spacial score (nSPS) is 11.9. The van der Waals surface area contributed by atoms with Gasteiger partial charge in [-0.25, -0.2) is 4.18 Å². The van der Waals surface area contributed by atoms with E-state index < -0.39 is 10.4 Å². The molecule has 0 bridgehead atoms. The molecule has 0 saturated heterocycles. The molecular weight excluding hydrogens is 272 g/mol. The van der Waals surface area contributed by atoms with Gasteiger partial charge in [-0.15, -0.1) is 0 Å². The first-order chi connectivity index (χ1) is 9.06. The van der Waals surface area contributed by atoms with E-state index in [-0.39, 0.29) is 13.2 Å². The highest BCUT2D eigenvalue weighted by atomic mass is 32.3. The third-order valence-electron chi connectivity index (χ3n) is 2.47. The van der Waals surface area contributed by atoms with E-state index in [0.29, 0.717) is 13.2 Å². The Balaban J connectivity index is 3.03. The fourth-order valence-electron chi connectivity index (χ4n) is 1.50. The minimum Gasteiger partial charge on any atom is -0.379 e. The van der Waals surface area contributed by atoms with Crippen LogP contribution in [0.3, 0.4) is 0 Å². The van der Waals surface area contributed by atoms with E-state index in [4.69, 9.17) is 14.0 Å². The molecule has 0 spiro atoms. The van der Waals surface area contributed by atoms with Crippen molar-refractivity contribution in [3.63, 3.8) is 0 Å². The quantitative estimate of drug-likeness (QED) is 0.391. The van der Waals surface area contributed by atoms with Gasteiger partial charge >= 0.3 is 10.4 Å². The molecule has 0 heterocycles. The Kier molecular flexibility index (Phi) is 12.7. The van der Waals surface area contributed by atoms with Gasteiger partial charge in [0.25, 0.3) is 0 Å². The van der Waals surface area contributed by atoms with Crippen molar-refractivity contribution in [2.75, 3.05) is 33.0 Å². The molecule has 6 nitrogen and oxygen atoms in total. The van der Waals surface area contributed by atoms with E-state index in [0.717, 1.165) is 13.0 Å². The van der Waals surface area contributed by atoms with Crippen molar-refractivity contribution >= 4 is 10.4 Å². The Morgan fingerprint density at radius 1 is 0.789 bits per heavy atom. The largest absolute Gasteiger partial charge is 0.397 e. The lowest BCUT2D eigenvalue weighted by atomic mass is 10.1. The summed E-state index contributed by atoms with van der Waals surface area (Å²) in [4.78, 5) is 0. The molecule has 0 aliphatic carbocycles. The second-order valence-corrected chi connectivity index (χ2v) is 5.33. The van der Waals surface area contributed by atoms with E-state index in [1.165, 1.54) is 32.1 Å². The van der Waals surface area contributed by atoms with Crippen molar-refractivity contribution in [3.05, 3.63) is 0 Å². The van der Waals surface area contributed by atoms with Gasteiger partial charge in [-0.05, 0) is 6.42 Å². The van der Waals surface area contributed by atoms with Gasteiger partial charge < -0.3 is 9.47 Å². The molecular formula is C12H26O6S. The maximum Gasteiger partial charge on any atom is 0.397 e. The van der Waals surface area contributed by atoms with Crippen LogP contribution in [-0.2, 0) is 24.1 Å². The number of hydrogen-bond acceptors (Lipinski definition) is 5. The van der Waals surface area contributed by atoms with E-state index in [1.807, 2.05) is 0 Å². The zero-order valence-electron chi connectivity index (χ0n) is 11.7. The summed E-state index contributed by atoms with van der Waals surface area (Å²) in [5, 5.41) is 0. The molecule has 116 valence electrons. The van der Waals surface area contributed by atoms with Crippen LogP contribution in [0.15, 0.2) is 0 Å². The topological polar surface area (TPSA) is 82.1 Å². The van der Waals surface area contributed by atoms with Crippen LogP contribution in [-0.4, -0.2) is 46.0 Å². The zero-order chi connectivity index (χ0) is 14.4. The number of hydrogen-bond donors (Lipinski definition) is 1.